The maximum Gasteiger partial charge on any atom is 0.138 e. The molecule has 0 amide bonds. The highest BCUT2D eigenvalue weighted by Gasteiger charge is 2.19. The lowest BCUT2D eigenvalue weighted by molar-refractivity contribution is 0.700. The van der Waals surface area contributed by atoms with E-state index in [0.29, 0.717) is 5.92 Å². The van der Waals surface area contributed by atoms with Crippen molar-refractivity contribution < 1.29 is 0 Å². The van der Waals surface area contributed by atoms with Crippen LogP contribution in [0.3, 0.4) is 0 Å². The SMILES string of the molecule is c1cnc2cc(-c3c[nH]c4nc(C5CCCC5)ccc34)ccc2n1. The van der Waals surface area contributed by atoms with E-state index < -0.39 is 0 Å². The summed E-state index contributed by atoms with van der Waals surface area (Å²) in [5.74, 6) is 0.636. The summed E-state index contributed by atoms with van der Waals surface area (Å²) in [5.41, 5.74) is 6.36. The van der Waals surface area contributed by atoms with Crippen molar-refractivity contribution in [1.82, 2.24) is 19.9 Å². The van der Waals surface area contributed by atoms with Crippen LogP contribution in [0.15, 0.2) is 48.9 Å². The van der Waals surface area contributed by atoms with E-state index in [1.165, 1.54) is 42.3 Å². The minimum Gasteiger partial charge on any atom is -0.346 e. The number of hydrogen-bond donors (Lipinski definition) is 1. The monoisotopic (exact) mass is 314 g/mol. The van der Waals surface area contributed by atoms with Gasteiger partial charge in [0, 0.05) is 41.2 Å². The lowest BCUT2D eigenvalue weighted by Crippen LogP contribution is -1.96. The van der Waals surface area contributed by atoms with Crippen LogP contribution in [0.2, 0.25) is 0 Å². The highest BCUT2D eigenvalue weighted by molar-refractivity contribution is 5.95. The topological polar surface area (TPSA) is 54.5 Å². The number of nitrogens with one attached hydrogen (secondary N) is 1. The Kier molecular flexibility index (Phi) is 3.08. The summed E-state index contributed by atoms with van der Waals surface area (Å²) in [7, 11) is 0. The summed E-state index contributed by atoms with van der Waals surface area (Å²) in [6, 6.07) is 10.6. The second-order valence-electron chi connectivity index (χ2n) is 6.58. The molecule has 1 aliphatic rings. The largest absolute Gasteiger partial charge is 0.346 e. The molecule has 3 aromatic heterocycles. The lowest BCUT2D eigenvalue weighted by atomic mass is 10.0. The zero-order valence-electron chi connectivity index (χ0n) is 13.4. The molecular formula is C20H18N4. The molecule has 118 valence electrons. The molecule has 1 N–H and O–H groups in total. The van der Waals surface area contributed by atoms with Gasteiger partial charge in [-0.3, -0.25) is 9.97 Å². The van der Waals surface area contributed by atoms with E-state index in [9.17, 15) is 0 Å². The average molecular weight is 314 g/mol. The molecule has 1 fully saturated rings. The summed E-state index contributed by atoms with van der Waals surface area (Å²) >= 11 is 0. The molecule has 0 spiro atoms. The minimum atomic E-state index is 0.636. The molecule has 1 saturated carbocycles. The smallest absolute Gasteiger partial charge is 0.138 e. The molecule has 1 aliphatic carbocycles. The Balaban J connectivity index is 1.60. The highest BCUT2D eigenvalue weighted by Crippen LogP contribution is 2.35. The zero-order valence-corrected chi connectivity index (χ0v) is 13.4. The fourth-order valence-corrected chi connectivity index (χ4v) is 3.84. The molecule has 5 rings (SSSR count). The van der Waals surface area contributed by atoms with Gasteiger partial charge in [0.1, 0.15) is 5.65 Å². The van der Waals surface area contributed by atoms with Gasteiger partial charge in [0.2, 0.25) is 0 Å². The fourth-order valence-electron chi connectivity index (χ4n) is 3.84. The van der Waals surface area contributed by atoms with Crippen LogP contribution >= 0.6 is 0 Å². The van der Waals surface area contributed by atoms with E-state index in [-0.39, 0.29) is 0 Å². The predicted molar refractivity (Wildman–Crippen MR) is 95.8 cm³/mol. The van der Waals surface area contributed by atoms with Crippen molar-refractivity contribution in [2.24, 2.45) is 0 Å². The van der Waals surface area contributed by atoms with E-state index in [1.807, 2.05) is 12.3 Å². The molecule has 0 radical (unpaired) electrons. The molecule has 0 atom stereocenters. The number of fused-ring (bicyclic) bond motifs is 2. The third-order valence-electron chi connectivity index (χ3n) is 5.11. The van der Waals surface area contributed by atoms with E-state index >= 15 is 0 Å². The summed E-state index contributed by atoms with van der Waals surface area (Å²) in [6.45, 7) is 0. The molecular weight excluding hydrogens is 296 g/mol. The summed E-state index contributed by atoms with van der Waals surface area (Å²) in [4.78, 5) is 17.0. The van der Waals surface area contributed by atoms with Gasteiger partial charge in [-0.1, -0.05) is 18.9 Å². The Morgan fingerprint density at radius 3 is 2.62 bits per heavy atom. The molecule has 1 aromatic carbocycles. The Morgan fingerprint density at radius 1 is 0.917 bits per heavy atom. The average Bonchev–Trinajstić information content (AvgIpc) is 3.30. The first-order valence-electron chi connectivity index (χ1n) is 8.58. The molecule has 3 heterocycles. The highest BCUT2D eigenvalue weighted by atomic mass is 14.9. The number of benzene rings is 1. The van der Waals surface area contributed by atoms with E-state index in [0.717, 1.165) is 22.2 Å². The summed E-state index contributed by atoms with van der Waals surface area (Å²) in [5, 5.41) is 1.17. The van der Waals surface area contributed by atoms with Gasteiger partial charge >= 0.3 is 0 Å². The Morgan fingerprint density at radius 2 is 1.75 bits per heavy atom. The van der Waals surface area contributed by atoms with Crippen molar-refractivity contribution in [1.29, 1.82) is 0 Å². The van der Waals surface area contributed by atoms with Crippen LogP contribution in [-0.2, 0) is 0 Å². The van der Waals surface area contributed by atoms with Gasteiger partial charge in [-0.05, 0) is 42.7 Å². The summed E-state index contributed by atoms with van der Waals surface area (Å²) < 4.78 is 0. The lowest BCUT2D eigenvalue weighted by Gasteiger charge is -2.08. The number of aromatic nitrogens is 4. The number of aromatic amines is 1. The number of nitrogens with zero attached hydrogens (tertiary/aromatic N) is 3. The Labute approximate surface area is 140 Å². The maximum atomic E-state index is 4.88. The van der Waals surface area contributed by atoms with Gasteiger partial charge in [-0.15, -0.1) is 0 Å². The Hall–Kier alpha value is -2.75. The van der Waals surface area contributed by atoms with Crippen molar-refractivity contribution >= 4 is 22.1 Å². The van der Waals surface area contributed by atoms with Gasteiger partial charge in [-0.2, -0.15) is 0 Å². The predicted octanol–water partition coefficient (Wildman–Crippen LogP) is 4.83. The van der Waals surface area contributed by atoms with Crippen molar-refractivity contribution in [2.75, 3.05) is 0 Å². The molecule has 0 bridgehead atoms. The number of rotatable bonds is 2. The zero-order chi connectivity index (χ0) is 15.9. The Bertz CT molecular complexity index is 1030. The molecule has 24 heavy (non-hydrogen) atoms. The minimum absolute atomic E-state index is 0.636. The van der Waals surface area contributed by atoms with Crippen molar-refractivity contribution in [3.8, 4) is 11.1 Å². The first kappa shape index (κ1) is 13.7. The van der Waals surface area contributed by atoms with Crippen LogP contribution in [0.1, 0.15) is 37.3 Å². The molecule has 4 nitrogen and oxygen atoms in total. The van der Waals surface area contributed by atoms with Crippen molar-refractivity contribution in [2.45, 2.75) is 31.6 Å². The number of hydrogen-bond acceptors (Lipinski definition) is 3. The second-order valence-corrected chi connectivity index (χ2v) is 6.58. The first-order valence-corrected chi connectivity index (χ1v) is 8.58. The van der Waals surface area contributed by atoms with Gasteiger partial charge in [0.05, 0.1) is 11.0 Å². The standard InChI is InChI=1S/C20H18N4/c1-2-4-13(3-1)17-8-6-15-16(12-23-20(15)24-17)14-5-7-18-19(11-14)22-10-9-21-18/h5-13H,1-4H2,(H,23,24). The van der Waals surface area contributed by atoms with Crippen molar-refractivity contribution in [3.63, 3.8) is 0 Å². The van der Waals surface area contributed by atoms with Crippen LogP contribution in [0.4, 0.5) is 0 Å². The van der Waals surface area contributed by atoms with Crippen LogP contribution in [0, 0.1) is 0 Å². The quantitative estimate of drug-likeness (QED) is 0.576. The summed E-state index contributed by atoms with van der Waals surface area (Å²) in [6.07, 6.45) is 10.7. The van der Waals surface area contributed by atoms with Crippen LogP contribution in [0.25, 0.3) is 33.2 Å². The fraction of sp³-hybridized carbons (Fsp3) is 0.250. The molecule has 0 saturated heterocycles. The first-order chi connectivity index (χ1) is 11.9. The van der Waals surface area contributed by atoms with E-state index in [4.69, 9.17) is 4.98 Å². The second kappa shape index (κ2) is 5.41. The normalized spacial score (nSPS) is 15.5. The van der Waals surface area contributed by atoms with E-state index in [1.54, 1.807) is 12.4 Å². The van der Waals surface area contributed by atoms with Gasteiger partial charge in [0.25, 0.3) is 0 Å². The van der Waals surface area contributed by atoms with Crippen molar-refractivity contribution in [3.05, 3.63) is 54.6 Å². The third-order valence-corrected chi connectivity index (χ3v) is 5.11. The number of H-pyrrole nitrogens is 1. The molecule has 4 aromatic rings. The van der Waals surface area contributed by atoms with Crippen LogP contribution in [0.5, 0.6) is 0 Å². The molecule has 0 unspecified atom stereocenters. The number of pyridine rings is 1. The van der Waals surface area contributed by atoms with Gasteiger partial charge < -0.3 is 4.98 Å². The van der Waals surface area contributed by atoms with Crippen LogP contribution in [-0.4, -0.2) is 19.9 Å². The molecule has 0 aliphatic heterocycles. The van der Waals surface area contributed by atoms with Gasteiger partial charge in [-0.25, -0.2) is 4.98 Å². The maximum absolute atomic E-state index is 4.88. The van der Waals surface area contributed by atoms with Gasteiger partial charge in [0.15, 0.2) is 0 Å². The van der Waals surface area contributed by atoms with E-state index in [2.05, 4.69) is 39.2 Å². The molecule has 4 heteroatoms. The van der Waals surface area contributed by atoms with Crippen LogP contribution < -0.4 is 0 Å². The third kappa shape index (κ3) is 2.18.